The standard InChI is InChI=1S/C16H23NO3/c1-13-4-2-5-15(10-13)20-9-3-6-16(19)17-8-7-14(11-17)12-18/h2,4-5,10,14,18H,3,6-9,11-12H2,1H3. The normalized spacial score (nSPS) is 18.3. The molecule has 4 nitrogen and oxygen atoms in total. The Hall–Kier alpha value is -1.55. The second kappa shape index (κ2) is 7.29. The topological polar surface area (TPSA) is 49.8 Å². The summed E-state index contributed by atoms with van der Waals surface area (Å²) >= 11 is 0. The lowest BCUT2D eigenvalue weighted by molar-refractivity contribution is -0.130. The van der Waals surface area contributed by atoms with E-state index >= 15 is 0 Å². The van der Waals surface area contributed by atoms with Crippen molar-refractivity contribution in [2.24, 2.45) is 5.92 Å². The second-order valence-electron chi connectivity index (χ2n) is 5.45. The summed E-state index contributed by atoms with van der Waals surface area (Å²) < 4.78 is 5.63. The van der Waals surface area contributed by atoms with Crippen molar-refractivity contribution in [3.8, 4) is 5.75 Å². The van der Waals surface area contributed by atoms with Crippen molar-refractivity contribution in [2.75, 3.05) is 26.3 Å². The monoisotopic (exact) mass is 277 g/mol. The van der Waals surface area contributed by atoms with Crippen LogP contribution in [0.4, 0.5) is 0 Å². The minimum atomic E-state index is 0.175. The van der Waals surface area contributed by atoms with Gasteiger partial charge >= 0.3 is 0 Å². The van der Waals surface area contributed by atoms with Crippen molar-refractivity contribution in [1.82, 2.24) is 4.90 Å². The van der Waals surface area contributed by atoms with Crippen molar-refractivity contribution >= 4 is 5.91 Å². The average Bonchev–Trinajstić information content (AvgIpc) is 2.92. The molecule has 1 amide bonds. The van der Waals surface area contributed by atoms with Gasteiger partial charge in [0, 0.05) is 32.0 Å². The predicted molar refractivity (Wildman–Crippen MR) is 77.7 cm³/mol. The Balaban J connectivity index is 1.65. The number of hydrogen-bond donors (Lipinski definition) is 1. The molecule has 1 fully saturated rings. The molecule has 1 aliphatic rings. The van der Waals surface area contributed by atoms with Crippen LogP contribution in [-0.4, -0.2) is 42.2 Å². The minimum Gasteiger partial charge on any atom is -0.494 e. The van der Waals surface area contributed by atoms with Gasteiger partial charge in [0.05, 0.1) is 6.61 Å². The Morgan fingerprint density at radius 1 is 1.50 bits per heavy atom. The highest BCUT2D eigenvalue weighted by Gasteiger charge is 2.24. The van der Waals surface area contributed by atoms with E-state index in [1.165, 1.54) is 5.56 Å². The fraction of sp³-hybridized carbons (Fsp3) is 0.562. The number of amides is 1. The third-order valence-electron chi connectivity index (χ3n) is 3.69. The van der Waals surface area contributed by atoms with Crippen molar-refractivity contribution in [3.63, 3.8) is 0 Å². The number of aliphatic hydroxyl groups excluding tert-OH is 1. The molecule has 0 aliphatic carbocycles. The Bertz CT molecular complexity index is 447. The highest BCUT2D eigenvalue weighted by Crippen LogP contribution is 2.17. The number of nitrogens with zero attached hydrogens (tertiary/aromatic N) is 1. The zero-order chi connectivity index (χ0) is 14.4. The molecule has 1 atom stereocenters. The maximum absolute atomic E-state index is 12.0. The molecule has 1 unspecified atom stereocenters. The van der Waals surface area contributed by atoms with Crippen LogP contribution < -0.4 is 4.74 Å². The van der Waals surface area contributed by atoms with Crippen molar-refractivity contribution in [1.29, 1.82) is 0 Å². The number of aliphatic hydroxyl groups is 1. The number of likely N-dealkylation sites (tertiary alicyclic amines) is 1. The highest BCUT2D eigenvalue weighted by molar-refractivity contribution is 5.76. The van der Waals surface area contributed by atoms with E-state index < -0.39 is 0 Å². The van der Waals surface area contributed by atoms with E-state index in [1.807, 2.05) is 36.1 Å². The molecule has 1 aliphatic heterocycles. The SMILES string of the molecule is Cc1cccc(OCCCC(=O)N2CCC(CO)C2)c1. The lowest BCUT2D eigenvalue weighted by Crippen LogP contribution is -2.29. The third-order valence-corrected chi connectivity index (χ3v) is 3.69. The van der Waals surface area contributed by atoms with Gasteiger partial charge in [-0.2, -0.15) is 0 Å². The average molecular weight is 277 g/mol. The molecule has 1 saturated heterocycles. The van der Waals surface area contributed by atoms with Crippen LogP contribution in [0.25, 0.3) is 0 Å². The first kappa shape index (κ1) is 14.9. The van der Waals surface area contributed by atoms with Crippen molar-refractivity contribution in [2.45, 2.75) is 26.2 Å². The molecule has 1 aromatic carbocycles. The van der Waals surface area contributed by atoms with E-state index in [4.69, 9.17) is 9.84 Å². The third kappa shape index (κ3) is 4.23. The summed E-state index contributed by atoms with van der Waals surface area (Å²) in [6.07, 6.45) is 2.17. The van der Waals surface area contributed by atoms with Crippen LogP contribution in [-0.2, 0) is 4.79 Å². The summed E-state index contributed by atoms with van der Waals surface area (Å²) in [5.74, 6) is 1.30. The van der Waals surface area contributed by atoms with Crippen LogP contribution in [0, 0.1) is 12.8 Å². The van der Waals surface area contributed by atoms with Gasteiger partial charge in [-0.3, -0.25) is 4.79 Å². The molecule has 4 heteroatoms. The van der Waals surface area contributed by atoms with Crippen LogP contribution in [0.2, 0.25) is 0 Å². The molecule has 20 heavy (non-hydrogen) atoms. The van der Waals surface area contributed by atoms with Crippen molar-refractivity contribution < 1.29 is 14.6 Å². The van der Waals surface area contributed by atoms with Gasteiger partial charge in [-0.1, -0.05) is 12.1 Å². The molecule has 0 saturated carbocycles. The molecule has 0 radical (unpaired) electrons. The fourth-order valence-corrected chi connectivity index (χ4v) is 2.48. The summed E-state index contributed by atoms with van der Waals surface area (Å²) in [5, 5.41) is 9.07. The summed E-state index contributed by atoms with van der Waals surface area (Å²) in [6, 6.07) is 7.92. The van der Waals surface area contributed by atoms with Crippen molar-refractivity contribution in [3.05, 3.63) is 29.8 Å². The van der Waals surface area contributed by atoms with E-state index in [0.717, 1.165) is 25.1 Å². The van der Waals surface area contributed by atoms with Gasteiger partial charge in [-0.25, -0.2) is 0 Å². The van der Waals surface area contributed by atoms with Gasteiger partial charge in [0.15, 0.2) is 0 Å². The number of carbonyl (C=O) groups excluding carboxylic acids is 1. The van der Waals surface area contributed by atoms with Crippen LogP contribution in [0.3, 0.4) is 0 Å². The molecule has 1 N–H and O–H groups in total. The smallest absolute Gasteiger partial charge is 0.222 e. The van der Waals surface area contributed by atoms with E-state index in [9.17, 15) is 4.79 Å². The molecule has 1 aromatic rings. The molecular formula is C16H23NO3. The van der Waals surface area contributed by atoms with Gasteiger partial charge in [-0.05, 0) is 37.5 Å². The minimum absolute atomic E-state index is 0.175. The van der Waals surface area contributed by atoms with E-state index in [2.05, 4.69) is 0 Å². The van der Waals surface area contributed by atoms with Gasteiger partial charge in [-0.15, -0.1) is 0 Å². The summed E-state index contributed by atoms with van der Waals surface area (Å²) in [4.78, 5) is 13.8. The first-order valence-electron chi connectivity index (χ1n) is 7.27. The Labute approximate surface area is 120 Å². The largest absolute Gasteiger partial charge is 0.494 e. The van der Waals surface area contributed by atoms with Gasteiger partial charge in [0.2, 0.25) is 5.91 Å². The zero-order valence-corrected chi connectivity index (χ0v) is 12.0. The number of rotatable bonds is 6. The number of hydrogen-bond acceptors (Lipinski definition) is 3. The number of ether oxygens (including phenoxy) is 1. The molecule has 1 heterocycles. The predicted octanol–water partition coefficient (Wildman–Crippen LogP) is 1.99. The number of aryl methyl sites for hydroxylation is 1. The van der Waals surface area contributed by atoms with Gasteiger partial charge < -0.3 is 14.7 Å². The lowest BCUT2D eigenvalue weighted by atomic mass is 10.1. The molecular weight excluding hydrogens is 254 g/mol. The van der Waals surface area contributed by atoms with E-state index in [1.54, 1.807) is 0 Å². The maximum atomic E-state index is 12.0. The molecule has 0 spiro atoms. The highest BCUT2D eigenvalue weighted by atomic mass is 16.5. The number of benzene rings is 1. The first-order valence-corrected chi connectivity index (χ1v) is 7.27. The van der Waals surface area contributed by atoms with Crippen LogP contribution in [0.5, 0.6) is 5.75 Å². The summed E-state index contributed by atoms with van der Waals surface area (Å²) in [7, 11) is 0. The van der Waals surface area contributed by atoms with Crippen LogP contribution in [0.15, 0.2) is 24.3 Å². The van der Waals surface area contributed by atoms with Crippen LogP contribution >= 0.6 is 0 Å². The quantitative estimate of drug-likeness (QED) is 0.809. The molecule has 0 bridgehead atoms. The Morgan fingerprint density at radius 2 is 2.35 bits per heavy atom. The van der Waals surface area contributed by atoms with E-state index in [0.29, 0.717) is 19.6 Å². The number of carbonyl (C=O) groups is 1. The Morgan fingerprint density at radius 3 is 3.05 bits per heavy atom. The zero-order valence-electron chi connectivity index (χ0n) is 12.0. The molecule has 2 rings (SSSR count). The second-order valence-corrected chi connectivity index (χ2v) is 5.45. The Kier molecular flexibility index (Phi) is 5.41. The summed E-state index contributed by atoms with van der Waals surface area (Å²) in [5.41, 5.74) is 1.17. The lowest BCUT2D eigenvalue weighted by Gasteiger charge is -2.16. The molecule has 110 valence electrons. The molecule has 0 aromatic heterocycles. The fourth-order valence-electron chi connectivity index (χ4n) is 2.48. The first-order chi connectivity index (χ1) is 9.69. The van der Waals surface area contributed by atoms with E-state index in [-0.39, 0.29) is 18.4 Å². The van der Waals surface area contributed by atoms with Crippen LogP contribution in [0.1, 0.15) is 24.8 Å². The van der Waals surface area contributed by atoms with Gasteiger partial charge in [0.1, 0.15) is 5.75 Å². The summed E-state index contributed by atoms with van der Waals surface area (Å²) in [6.45, 7) is 4.25. The maximum Gasteiger partial charge on any atom is 0.222 e. The van der Waals surface area contributed by atoms with Gasteiger partial charge in [0.25, 0.3) is 0 Å².